The fourth-order valence-corrected chi connectivity index (χ4v) is 3.26. The van der Waals surface area contributed by atoms with Crippen LogP contribution in [-0.2, 0) is 14.7 Å². The summed E-state index contributed by atoms with van der Waals surface area (Å²) in [4.78, 5) is 13.7. The van der Waals surface area contributed by atoms with Crippen molar-refractivity contribution in [2.45, 2.75) is 45.6 Å². The van der Waals surface area contributed by atoms with Gasteiger partial charge in [-0.05, 0) is 56.6 Å². The van der Waals surface area contributed by atoms with Crippen LogP contribution in [0.3, 0.4) is 0 Å². The van der Waals surface area contributed by atoms with Crippen molar-refractivity contribution in [3.05, 3.63) is 0 Å². The van der Waals surface area contributed by atoms with Crippen molar-refractivity contribution in [1.82, 2.24) is 4.90 Å². The quantitative estimate of drug-likeness (QED) is 0.736. The van der Waals surface area contributed by atoms with E-state index in [1.165, 1.54) is 0 Å². The molecule has 1 saturated heterocycles. The minimum atomic E-state index is -1.27. The largest absolute Gasteiger partial charge is 0.444 e. The van der Waals surface area contributed by atoms with Gasteiger partial charge in [0.25, 0.3) is 0 Å². The summed E-state index contributed by atoms with van der Waals surface area (Å²) in [5.74, 6) is 0.861. The van der Waals surface area contributed by atoms with E-state index < -0.39 is 15.6 Å². The standard InChI is InChI=1S/C12H22ClNO3S/c1-12(2,3)17-11(15)14-7-4-5-10(6-8-14)9-18(13)16/h10H,4-9H2,1-3H3. The van der Waals surface area contributed by atoms with Gasteiger partial charge in [-0.3, -0.25) is 0 Å². The van der Waals surface area contributed by atoms with Crippen LogP contribution >= 0.6 is 10.7 Å². The third kappa shape index (κ3) is 6.05. The lowest BCUT2D eigenvalue weighted by Crippen LogP contribution is -2.37. The summed E-state index contributed by atoms with van der Waals surface area (Å²) in [6.45, 7) is 6.96. The number of hydrogen-bond donors (Lipinski definition) is 0. The van der Waals surface area contributed by atoms with E-state index in [2.05, 4.69) is 0 Å². The van der Waals surface area contributed by atoms with Gasteiger partial charge in [0.1, 0.15) is 15.6 Å². The van der Waals surface area contributed by atoms with Crippen LogP contribution in [0, 0.1) is 5.92 Å². The van der Waals surface area contributed by atoms with Gasteiger partial charge in [0.2, 0.25) is 0 Å². The smallest absolute Gasteiger partial charge is 0.410 e. The number of ether oxygens (including phenoxy) is 1. The number of amides is 1. The van der Waals surface area contributed by atoms with Gasteiger partial charge in [0, 0.05) is 18.8 Å². The molecular weight excluding hydrogens is 274 g/mol. The van der Waals surface area contributed by atoms with Crippen molar-refractivity contribution >= 4 is 26.8 Å². The highest BCUT2D eigenvalue weighted by Gasteiger charge is 2.25. The van der Waals surface area contributed by atoms with Crippen LogP contribution in [0.1, 0.15) is 40.0 Å². The predicted molar refractivity (Wildman–Crippen MR) is 74.0 cm³/mol. The SMILES string of the molecule is CC(C)(C)OC(=O)N1CCCC(CS(=O)Cl)CC1. The summed E-state index contributed by atoms with van der Waals surface area (Å²) in [6.07, 6.45) is 2.48. The van der Waals surface area contributed by atoms with Gasteiger partial charge in [-0.2, -0.15) is 0 Å². The van der Waals surface area contributed by atoms with E-state index in [9.17, 15) is 9.00 Å². The van der Waals surface area contributed by atoms with E-state index in [-0.39, 0.29) is 6.09 Å². The van der Waals surface area contributed by atoms with Gasteiger partial charge >= 0.3 is 6.09 Å². The van der Waals surface area contributed by atoms with Gasteiger partial charge in [-0.15, -0.1) is 0 Å². The lowest BCUT2D eigenvalue weighted by atomic mass is 10.0. The highest BCUT2D eigenvalue weighted by molar-refractivity contribution is 8.08. The molecule has 1 aliphatic heterocycles. The average Bonchev–Trinajstić information content (AvgIpc) is 2.39. The van der Waals surface area contributed by atoms with Gasteiger partial charge < -0.3 is 9.64 Å². The first-order valence-corrected chi connectivity index (χ1v) is 8.45. The molecule has 1 aliphatic rings. The minimum absolute atomic E-state index is 0.254. The summed E-state index contributed by atoms with van der Waals surface area (Å²) < 4.78 is 16.3. The lowest BCUT2D eigenvalue weighted by molar-refractivity contribution is 0.0255. The van der Waals surface area contributed by atoms with Crippen molar-refractivity contribution in [3.8, 4) is 0 Å². The summed E-state index contributed by atoms with van der Waals surface area (Å²) in [6, 6.07) is 0. The first kappa shape index (κ1) is 15.8. The van der Waals surface area contributed by atoms with E-state index >= 15 is 0 Å². The van der Waals surface area contributed by atoms with Gasteiger partial charge in [-0.25, -0.2) is 9.00 Å². The zero-order valence-electron chi connectivity index (χ0n) is 11.3. The van der Waals surface area contributed by atoms with Crippen LogP contribution in [0.4, 0.5) is 4.79 Å². The molecule has 0 radical (unpaired) electrons. The fourth-order valence-electron chi connectivity index (χ4n) is 2.03. The Morgan fingerprint density at radius 1 is 1.39 bits per heavy atom. The Balaban J connectivity index is 2.46. The first-order chi connectivity index (χ1) is 8.28. The van der Waals surface area contributed by atoms with Crippen molar-refractivity contribution in [1.29, 1.82) is 0 Å². The van der Waals surface area contributed by atoms with Crippen LogP contribution in [0.5, 0.6) is 0 Å². The summed E-state index contributed by atoms with van der Waals surface area (Å²) in [5, 5.41) is 0. The molecule has 18 heavy (non-hydrogen) atoms. The molecule has 1 heterocycles. The van der Waals surface area contributed by atoms with Crippen LogP contribution in [0.15, 0.2) is 0 Å². The molecule has 1 amide bonds. The van der Waals surface area contributed by atoms with Crippen LogP contribution in [0.25, 0.3) is 0 Å². The van der Waals surface area contributed by atoms with Crippen LogP contribution in [0.2, 0.25) is 0 Å². The summed E-state index contributed by atoms with van der Waals surface area (Å²) >= 11 is 0. The second-order valence-corrected chi connectivity index (χ2v) is 7.67. The third-order valence-electron chi connectivity index (χ3n) is 2.87. The van der Waals surface area contributed by atoms with E-state index in [1.807, 2.05) is 20.8 Å². The van der Waals surface area contributed by atoms with Crippen molar-refractivity contribution in [2.75, 3.05) is 18.8 Å². The minimum Gasteiger partial charge on any atom is -0.444 e. The average molecular weight is 296 g/mol. The van der Waals surface area contributed by atoms with Crippen LogP contribution < -0.4 is 0 Å². The normalized spacial score (nSPS) is 23.3. The third-order valence-corrected chi connectivity index (χ3v) is 3.98. The molecule has 0 aliphatic carbocycles. The molecule has 1 rings (SSSR count). The molecular formula is C12H22ClNO3S. The van der Waals surface area contributed by atoms with E-state index in [1.54, 1.807) is 4.90 Å². The molecule has 0 saturated carbocycles. The molecule has 1 fully saturated rings. The molecule has 0 aromatic heterocycles. The lowest BCUT2D eigenvalue weighted by Gasteiger charge is -2.26. The predicted octanol–water partition coefficient (Wildman–Crippen LogP) is 2.93. The molecule has 2 atom stereocenters. The highest BCUT2D eigenvalue weighted by atomic mass is 35.7. The fraction of sp³-hybridized carbons (Fsp3) is 0.917. The van der Waals surface area contributed by atoms with Crippen molar-refractivity contribution in [3.63, 3.8) is 0 Å². The number of likely N-dealkylation sites (tertiary alicyclic amines) is 1. The van der Waals surface area contributed by atoms with E-state index in [4.69, 9.17) is 15.4 Å². The molecule has 2 unspecified atom stereocenters. The molecule has 0 aromatic rings. The molecule has 0 N–H and O–H groups in total. The maximum Gasteiger partial charge on any atom is 0.410 e. The Kier molecular flexibility index (Phi) is 5.92. The number of carbonyl (C=O) groups is 1. The Hall–Kier alpha value is -0.290. The molecule has 6 heteroatoms. The molecule has 0 bridgehead atoms. The highest BCUT2D eigenvalue weighted by Crippen LogP contribution is 2.21. The van der Waals surface area contributed by atoms with Crippen molar-refractivity contribution in [2.24, 2.45) is 5.92 Å². The van der Waals surface area contributed by atoms with E-state index in [0.717, 1.165) is 19.3 Å². The zero-order valence-corrected chi connectivity index (χ0v) is 12.9. The number of nitrogens with zero attached hydrogens (tertiary/aromatic N) is 1. The molecule has 106 valence electrons. The molecule has 0 spiro atoms. The number of halogens is 1. The number of rotatable bonds is 2. The Morgan fingerprint density at radius 3 is 2.61 bits per heavy atom. The van der Waals surface area contributed by atoms with Gasteiger partial charge in [0.15, 0.2) is 0 Å². The van der Waals surface area contributed by atoms with Gasteiger partial charge in [0.05, 0.1) is 0 Å². The van der Waals surface area contributed by atoms with Crippen molar-refractivity contribution < 1.29 is 13.7 Å². The second kappa shape index (κ2) is 6.75. The molecule has 0 aromatic carbocycles. The van der Waals surface area contributed by atoms with Crippen LogP contribution in [-0.4, -0.2) is 39.6 Å². The number of hydrogen-bond acceptors (Lipinski definition) is 3. The maximum atomic E-state index is 11.9. The van der Waals surface area contributed by atoms with E-state index in [0.29, 0.717) is 24.8 Å². The Morgan fingerprint density at radius 2 is 2.06 bits per heavy atom. The topological polar surface area (TPSA) is 46.6 Å². The first-order valence-electron chi connectivity index (χ1n) is 6.30. The Bertz CT molecular complexity index is 317. The van der Waals surface area contributed by atoms with Gasteiger partial charge in [-0.1, -0.05) is 0 Å². The maximum absolute atomic E-state index is 11.9. The second-order valence-electron chi connectivity index (χ2n) is 5.72. The molecule has 4 nitrogen and oxygen atoms in total. The zero-order chi connectivity index (χ0) is 13.8. The number of carbonyl (C=O) groups excluding carboxylic acids is 1. The summed E-state index contributed by atoms with van der Waals surface area (Å²) in [7, 11) is 4.25. The Labute approximate surface area is 116 Å². The monoisotopic (exact) mass is 295 g/mol. The summed E-state index contributed by atoms with van der Waals surface area (Å²) in [5.41, 5.74) is -0.458.